The van der Waals surface area contributed by atoms with Crippen LogP contribution in [-0.4, -0.2) is 42.0 Å². The van der Waals surface area contributed by atoms with E-state index >= 15 is 0 Å². The van der Waals surface area contributed by atoms with E-state index in [0.717, 1.165) is 24.3 Å². The molecule has 148 valence electrons. The van der Waals surface area contributed by atoms with Crippen molar-refractivity contribution in [3.05, 3.63) is 90.0 Å². The number of piperazine rings is 1. The number of amides is 1. The summed E-state index contributed by atoms with van der Waals surface area (Å²) in [5.41, 5.74) is 2.52. The van der Waals surface area contributed by atoms with Crippen LogP contribution in [0.1, 0.15) is 15.9 Å². The van der Waals surface area contributed by atoms with Crippen molar-refractivity contribution in [2.75, 3.05) is 31.1 Å². The number of hydrogen-bond donors (Lipinski definition) is 0. The standard InChI is InChI=1S/C23H22FN3O2/c24-19-7-5-18(6-8-19)17-29-22-4-2-1-3-21(22)23(28)27-15-13-26(14-16-27)20-9-11-25-12-10-20/h1-12H,13-17H2. The summed E-state index contributed by atoms with van der Waals surface area (Å²) in [6, 6.07) is 17.4. The number of rotatable bonds is 5. The molecule has 4 rings (SSSR count). The van der Waals surface area contributed by atoms with Crippen molar-refractivity contribution in [1.82, 2.24) is 9.88 Å². The summed E-state index contributed by atoms with van der Waals surface area (Å²) in [6.45, 7) is 3.12. The number of anilines is 1. The van der Waals surface area contributed by atoms with Gasteiger partial charge in [-0.1, -0.05) is 24.3 Å². The molecule has 2 aromatic carbocycles. The smallest absolute Gasteiger partial charge is 0.257 e. The lowest BCUT2D eigenvalue weighted by Crippen LogP contribution is -2.48. The van der Waals surface area contributed by atoms with Crippen LogP contribution in [0.4, 0.5) is 10.1 Å². The molecule has 1 amide bonds. The molecule has 0 N–H and O–H groups in total. The highest BCUT2D eigenvalue weighted by atomic mass is 19.1. The van der Waals surface area contributed by atoms with Crippen LogP contribution < -0.4 is 9.64 Å². The summed E-state index contributed by atoms with van der Waals surface area (Å²) in [4.78, 5) is 21.3. The van der Waals surface area contributed by atoms with Crippen molar-refractivity contribution in [1.29, 1.82) is 0 Å². The Bertz CT molecular complexity index is 955. The van der Waals surface area contributed by atoms with Gasteiger partial charge < -0.3 is 14.5 Å². The first kappa shape index (κ1) is 18.9. The van der Waals surface area contributed by atoms with Crippen molar-refractivity contribution >= 4 is 11.6 Å². The van der Waals surface area contributed by atoms with Gasteiger partial charge in [-0.2, -0.15) is 0 Å². The van der Waals surface area contributed by atoms with Crippen LogP contribution >= 0.6 is 0 Å². The summed E-state index contributed by atoms with van der Waals surface area (Å²) in [7, 11) is 0. The molecule has 3 aromatic rings. The number of carbonyl (C=O) groups excluding carboxylic acids is 1. The highest BCUT2D eigenvalue weighted by molar-refractivity contribution is 5.97. The van der Waals surface area contributed by atoms with Gasteiger partial charge in [-0.05, 0) is 42.0 Å². The van der Waals surface area contributed by atoms with E-state index in [1.54, 1.807) is 36.7 Å². The van der Waals surface area contributed by atoms with Gasteiger partial charge in [0.1, 0.15) is 18.2 Å². The minimum absolute atomic E-state index is 0.0333. The molecule has 0 atom stereocenters. The molecule has 5 nitrogen and oxygen atoms in total. The fraction of sp³-hybridized carbons (Fsp3) is 0.217. The minimum Gasteiger partial charge on any atom is -0.488 e. The molecule has 6 heteroatoms. The van der Waals surface area contributed by atoms with Crippen LogP contribution in [0, 0.1) is 5.82 Å². The van der Waals surface area contributed by atoms with Gasteiger partial charge >= 0.3 is 0 Å². The van der Waals surface area contributed by atoms with E-state index in [1.807, 2.05) is 29.2 Å². The van der Waals surface area contributed by atoms with Gasteiger partial charge in [-0.25, -0.2) is 4.39 Å². The van der Waals surface area contributed by atoms with E-state index in [0.29, 0.717) is 24.4 Å². The minimum atomic E-state index is -0.282. The third kappa shape index (κ3) is 4.54. The predicted octanol–water partition coefficient (Wildman–Crippen LogP) is 3.76. The average Bonchev–Trinajstić information content (AvgIpc) is 2.79. The molecule has 1 fully saturated rings. The fourth-order valence-electron chi connectivity index (χ4n) is 3.40. The van der Waals surface area contributed by atoms with Gasteiger partial charge in [0.25, 0.3) is 5.91 Å². The number of ether oxygens (including phenoxy) is 1. The van der Waals surface area contributed by atoms with Crippen LogP contribution in [0.15, 0.2) is 73.1 Å². The van der Waals surface area contributed by atoms with Gasteiger partial charge in [0.05, 0.1) is 5.56 Å². The summed E-state index contributed by atoms with van der Waals surface area (Å²) in [5.74, 6) is 0.225. The summed E-state index contributed by atoms with van der Waals surface area (Å²) in [5, 5.41) is 0. The largest absolute Gasteiger partial charge is 0.488 e. The van der Waals surface area contributed by atoms with Crippen LogP contribution in [0.3, 0.4) is 0 Å². The fourth-order valence-corrected chi connectivity index (χ4v) is 3.40. The number of para-hydroxylation sites is 1. The van der Waals surface area contributed by atoms with Crippen molar-refractivity contribution in [2.45, 2.75) is 6.61 Å². The molecule has 2 heterocycles. The first-order chi connectivity index (χ1) is 14.2. The monoisotopic (exact) mass is 391 g/mol. The molecule has 0 unspecified atom stereocenters. The second-order valence-electron chi connectivity index (χ2n) is 6.90. The first-order valence-corrected chi connectivity index (χ1v) is 9.61. The Morgan fingerprint density at radius 1 is 0.931 bits per heavy atom. The van der Waals surface area contributed by atoms with Crippen molar-refractivity contribution in [3.63, 3.8) is 0 Å². The number of carbonyl (C=O) groups is 1. The number of hydrogen-bond acceptors (Lipinski definition) is 4. The van der Waals surface area contributed by atoms with E-state index in [2.05, 4.69) is 9.88 Å². The topological polar surface area (TPSA) is 45.7 Å². The zero-order valence-corrected chi connectivity index (χ0v) is 16.0. The van der Waals surface area contributed by atoms with Crippen LogP contribution in [-0.2, 0) is 6.61 Å². The third-order valence-electron chi connectivity index (χ3n) is 5.02. The van der Waals surface area contributed by atoms with E-state index in [9.17, 15) is 9.18 Å². The Kier molecular flexibility index (Phi) is 5.70. The SMILES string of the molecule is O=C(c1ccccc1OCc1ccc(F)cc1)N1CCN(c2ccncc2)CC1. The molecule has 1 saturated heterocycles. The molecule has 0 radical (unpaired) electrons. The van der Waals surface area contributed by atoms with E-state index in [-0.39, 0.29) is 18.3 Å². The number of aromatic nitrogens is 1. The average molecular weight is 391 g/mol. The number of benzene rings is 2. The second-order valence-corrected chi connectivity index (χ2v) is 6.90. The molecule has 0 saturated carbocycles. The van der Waals surface area contributed by atoms with Crippen molar-refractivity contribution in [3.8, 4) is 5.75 Å². The van der Waals surface area contributed by atoms with Gasteiger partial charge in [0.2, 0.25) is 0 Å². The Morgan fingerprint density at radius 2 is 1.62 bits per heavy atom. The maximum atomic E-state index is 13.1. The second kappa shape index (κ2) is 8.73. The van der Waals surface area contributed by atoms with Crippen LogP contribution in [0.5, 0.6) is 5.75 Å². The van der Waals surface area contributed by atoms with Gasteiger partial charge in [0, 0.05) is 44.3 Å². The molecule has 1 aromatic heterocycles. The molecule has 0 spiro atoms. The number of pyridine rings is 1. The lowest BCUT2D eigenvalue weighted by atomic mass is 10.1. The van der Waals surface area contributed by atoms with E-state index < -0.39 is 0 Å². The summed E-state index contributed by atoms with van der Waals surface area (Å²) < 4.78 is 18.9. The Hall–Kier alpha value is -3.41. The molecule has 0 bridgehead atoms. The van der Waals surface area contributed by atoms with Crippen LogP contribution in [0.2, 0.25) is 0 Å². The lowest BCUT2D eigenvalue weighted by Gasteiger charge is -2.36. The van der Waals surface area contributed by atoms with Crippen molar-refractivity contribution in [2.24, 2.45) is 0 Å². The highest BCUT2D eigenvalue weighted by Gasteiger charge is 2.24. The molecular weight excluding hydrogens is 369 g/mol. The normalized spacial score (nSPS) is 14.0. The molecule has 1 aliphatic heterocycles. The Morgan fingerprint density at radius 3 is 2.34 bits per heavy atom. The molecule has 29 heavy (non-hydrogen) atoms. The first-order valence-electron chi connectivity index (χ1n) is 9.61. The Labute approximate surface area is 169 Å². The highest BCUT2D eigenvalue weighted by Crippen LogP contribution is 2.23. The van der Waals surface area contributed by atoms with Crippen molar-refractivity contribution < 1.29 is 13.9 Å². The quantitative estimate of drug-likeness (QED) is 0.664. The zero-order chi connectivity index (χ0) is 20.1. The van der Waals surface area contributed by atoms with Gasteiger partial charge in [-0.15, -0.1) is 0 Å². The molecule has 0 aliphatic carbocycles. The Balaban J connectivity index is 1.41. The third-order valence-corrected chi connectivity index (χ3v) is 5.02. The number of nitrogens with zero attached hydrogens (tertiary/aromatic N) is 3. The zero-order valence-electron chi connectivity index (χ0n) is 16.0. The summed E-state index contributed by atoms with van der Waals surface area (Å²) >= 11 is 0. The maximum absolute atomic E-state index is 13.1. The number of halogens is 1. The van der Waals surface area contributed by atoms with Gasteiger partial charge in [0.15, 0.2) is 0 Å². The molecular formula is C23H22FN3O2. The predicted molar refractivity (Wildman–Crippen MR) is 110 cm³/mol. The summed E-state index contributed by atoms with van der Waals surface area (Å²) in [6.07, 6.45) is 3.56. The van der Waals surface area contributed by atoms with E-state index in [1.165, 1.54) is 12.1 Å². The maximum Gasteiger partial charge on any atom is 0.257 e. The molecule has 1 aliphatic rings. The van der Waals surface area contributed by atoms with E-state index in [4.69, 9.17) is 4.74 Å². The van der Waals surface area contributed by atoms with Crippen LogP contribution in [0.25, 0.3) is 0 Å². The lowest BCUT2D eigenvalue weighted by molar-refractivity contribution is 0.0742. The van der Waals surface area contributed by atoms with Gasteiger partial charge in [-0.3, -0.25) is 9.78 Å².